The second-order valence-corrected chi connectivity index (χ2v) is 6.47. The molecule has 0 saturated carbocycles. The molecule has 1 aromatic carbocycles. The van der Waals surface area contributed by atoms with E-state index in [0.29, 0.717) is 18.7 Å². The van der Waals surface area contributed by atoms with Gasteiger partial charge in [0.2, 0.25) is 0 Å². The van der Waals surface area contributed by atoms with E-state index in [1.165, 1.54) is 5.56 Å². The van der Waals surface area contributed by atoms with Crippen molar-refractivity contribution in [3.05, 3.63) is 47.3 Å². The van der Waals surface area contributed by atoms with E-state index in [0.717, 1.165) is 11.4 Å². The van der Waals surface area contributed by atoms with Gasteiger partial charge in [-0.3, -0.25) is 4.79 Å². The zero-order valence-corrected chi connectivity index (χ0v) is 13.7. The predicted molar refractivity (Wildman–Crippen MR) is 88.4 cm³/mol. The van der Waals surface area contributed by atoms with Gasteiger partial charge in [0, 0.05) is 24.7 Å². The van der Waals surface area contributed by atoms with Crippen molar-refractivity contribution in [1.82, 2.24) is 15.1 Å². The summed E-state index contributed by atoms with van der Waals surface area (Å²) in [6.07, 6.45) is 1.79. The summed E-state index contributed by atoms with van der Waals surface area (Å²) in [5.41, 5.74) is 8.74. The highest BCUT2D eigenvalue weighted by molar-refractivity contribution is 5.95. The summed E-state index contributed by atoms with van der Waals surface area (Å²) >= 11 is 0. The van der Waals surface area contributed by atoms with Crippen molar-refractivity contribution in [3.63, 3.8) is 0 Å². The van der Waals surface area contributed by atoms with Crippen LogP contribution in [0.3, 0.4) is 0 Å². The van der Waals surface area contributed by atoms with Crippen molar-refractivity contribution in [2.75, 3.05) is 13.1 Å². The molecule has 0 aliphatic rings. The molecule has 3 N–H and O–H groups in total. The topological polar surface area (TPSA) is 72.9 Å². The summed E-state index contributed by atoms with van der Waals surface area (Å²) < 4.78 is 1.76. The summed E-state index contributed by atoms with van der Waals surface area (Å²) in [5.74, 6) is -0.131. The van der Waals surface area contributed by atoms with Crippen molar-refractivity contribution in [2.45, 2.75) is 33.1 Å². The van der Waals surface area contributed by atoms with Crippen LogP contribution in [0.25, 0.3) is 5.69 Å². The lowest BCUT2D eigenvalue weighted by Crippen LogP contribution is -2.30. The third-order valence-corrected chi connectivity index (χ3v) is 3.40. The average Bonchev–Trinajstić information content (AvgIpc) is 2.91. The molecule has 0 radical (unpaired) electrons. The molecule has 0 aliphatic heterocycles. The van der Waals surface area contributed by atoms with Crippen LogP contribution >= 0.6 is 0 Å². The summed E-state index contributed by atoms with van der Waals surface area (Å²) in [5, 5.41) is 7.45. The molecule has 2 rings (SSSR count). The minimum absolute atomic E-state index is 0.131. The van der Waals surface area contributed by atoms with Crippen LogP contribution in [-0.4, -0.2) is 28.8 Å². The normalized spacial score (nSPS) is 11.5. The van der Waals surface area contributed by atoms with Crippen molar-refractivity contribution in [1.29, 1.82) is 0 Å². The minimum atomic E-state index is -0.217. The van der Waals surface area contributed by atoms with E-state index in [1.807, 2.05) is 31.2 Å². The summed E-state index contributed by atoms with van der Waals surface area (Å²) in [7, 11) is 0. The standard InChI is InChI=1S/C17H24N4O/c1-12-5-7-13(8-6-12)21-11-14(16(22)19-10-9-18)15(20-21)17(2,3)4/h5-8,11H,9-10,18H2,1-4H3,(H,19,22). The van der Waals surface area contributed by atoms with E-state index >= 15 is 0 Å². The van der Waals surface area contributed by atoms with E-state index in [-0.39, 0.29) is 11.3 Å². The fraction of sp³-hybridized carbons (Fsp3) is 0.412. The molecule has 0 spiro atoms. The first-order valence-corrected chi connectivity index (χ1v) is 7.48. The van der Waals surface area contributed by atoms with Gasteiger partial charge in [-0.25, -0.2) is 4.68 Å². The first-order chi connectivity index (χ1) is 10.3. The highest BCUT2D eigenvalue weighted by Crippen LogP contribution is 2.25. The van der Waals surface area contributed by atoms with Gasteiger partial charge in [0.05, 0.1) is 16.9 Å². The molecule has 5 heteroatoms. The number of rotatable bonds is 4. The molecule has 0 fully saturated rings. The zero-order valence-electron chi connectivity index (χ0n) is 13.7. The number of benzene rings is 1. The van der Waals surface area contributed by atoms with E-state index in [2.05, 4.69) is 31.2 Å². The highest BCUT2D eigenvalue weighted by Gasteiger charge is 2.26. The van der Waals surface area contributed by atoms with E-state index in [4.69, 9.17) is 5.73 Å². The van der Waals surface area contributed by atoms with Crippen molar-refractivity contribution in [3.8, 4) is 5.69 Å². The van der Waals surface area contributed by atoms with Gasteiger partial charge < -0.3 is 11.1 Å². The maximum atomic E-state index is 12.3. The number of hydrogen-bond acceptors (Lipinski definition) is 3. The third-order valence-electron chi connectivity index (χ3n) is 3.40. The fourth-order valence-electron chi connectivity index (χ4n) is 2.20. The number of nitrogens with zero attached hydrogens (tertiary/aromatic N) is 2. The van der Waals surface area contributed by atoms with Gasteiger partial charge in [-0.15, -0.1) is 0 Å². The van der Waals surface area contributed by atoms with Gasteiger partial charge in [0.15, 0.2) is 0 Å². The van der Waals surface area contributed by atoms with Gasteiger partial charge >= 0.3 is 0 Å². The Kier molecular flexibility index (Phi) is 4.66. The van der Waals surface area contributed by atoms with Crippen LogP contribution in [-0.2, 0) is 5.41 Å². The molecule has 1 amide bonds. The van der Waals surface area contributed by atoms with Crippen LogP contribution in [0, 0.1) is 6.92 Å². The number of hydrogen-bond donors (Lipinski definition) is 2. The number of carbonyl (C=O) groups excluding carboxylic acids is 1. The molecule has 0 unspecified atom stereocenters. The molecule has 118 valence electrons. The number of nitrogens with one attached hydrogen (secondary N) is 1. The lowest BCUT2D eigenvalue weighted by molar-refractivity contribution is 0.0952. The fourth-order valence-corrected chi connectivity index (χ4v) is 2.20. The molecular formula is C17H24N4O. The van der Waals surface area contributed by atoms with E-state index in [1.54, 1.807) is 10.9 Å². The van der Waals surface area contributed by atoms with Crippen molar-refractivity contribution in [2.24, 2.45) is 5.73 Å². The molecule has 22 heavy (non-hydrogen) atoms. The number of aromatic nitrogens is 2. The molecule has 5 nitrogen and oxygen atoms in total. The number of amides is 1. The van der Waals surface area contributed by atoms with Crippen molar-refractivity contribution < 1.29 is 4.79 Å². The third kappa shape index (κ3) is 3.54. The van der Waals surface area contributed by atoms with Gasteiger partial charge in [-0.1, -0.05) is 38.5 Å². The largest absolute Gasteiger partial charge is 0.351 e. The van der Waals surface area contributed by atoms with Gasteiger partial charge in [-0.2, -0.15) is 5.10 Å². The average molecular weight is 300 g/mol. The summed E-state index contributed by atoms with van der Waals surface area (Å²) in [6.45, 7) is 9.07. The van der Waals surface area contributed by atoms with Crippen LogP contribution in [0.1, 0.15) is 42.4 Å². The predicted octanol–water partition coefficient (Wildman–Crippen LogP) is 2.17. The first-order valence-electron chi connectivity index (χ1n) is 7.48. The highest BCUT2D eigenvalue weighted by atomic mass is 16.1. The summed E-state index contributed by atoms with van der Waals surface area (Å²) in [4.78, 5) is 12.3. The quantitative estimate of drug-likeness (QED) is 0.909. The second kappa shape index (κ2) is 6.32. The lowest BCUT2D eigenvalue weighted by Gasteiger charge is -2.17. The monoisotopic (exact) mass is 300 g/mol. The second-order valence-electron chi connectivity index (χ2n) is 6.47. The molecule has 1 aromatic heterocycles. The molecule has 0 aliphatic carbocycles. The Morgan fingerprint density at radius 1 is 1.27 bits per heavy atom. The molecule has 0 bridgehead atoms. The molecule has 2 aromatic rings. The Morgan fingerprint density at radius 3 is 2.45 bits per heavy atom. The smallest absolute Gasteiger partial charge is 0.254 e. The van der Waals surface area contributed by atoms with Crippen molar-refractivity contribution >= 4 is 5.91 Å². The number of nitrogens with two attached hydrogens (primary N) is 1. The van der Waals surface area contributed by atoms with E-state index < -0.39 is 0 Å². The van der Waals surface area contributed by atoms with Crippen LogP contribution in [0.15, 0.2) is 30.5 Å². The Morgan fingerprint density at radius 2 is 1.91 bits per heavy atom. The molecule has 0 saturated heterocycles. The van der Waals surface area contributed by atoms with Crippen LogP contribution in [0.5, 0.6) is 0 Å². The number of aryl methyl sites for hydroxylation is 1. The van der Waals surface area contributed by atoms with Crippen LogP contribution in [0.4, 0.5) is 0 Å². The molecular weight excluding hydrogens is 276 g/mol. The maximum absolute atomic E-state index is 12.3. The van der Waals surface area contributed by atoms with Gasteiger partial charge in [0.25, 0.3) is 5.91 Å². The SMILES string of the molecule is Cc1ccc(-n2cc(C(=O)NCCN)c(C(C)(C)C)n2)cc1. The minimum Gasteiger partial charge on any atom is -0.351 e. The zero-order chi connectivity index (χ0) is 16.3. The summed E-state index contributed by atoms with van der Waals surface area (Å²) in [6, 6.07) is 8.05. The van der Waals surface area contributed by atoms with Crippen LogP contribution < -0.4 is 11.1 Å². The molecule has 0 atom stereocenters. The number of carbonyl (C=O) groups is 1. The van der Waals surface area contributed by atoms with Crippen LogP contribution in [0.2, 0.25) is 0 Å². The Balaban J connectivity index is 2.44. The Bertz CT molecular complexity index is 650. The lowest BCUT2D eigenvalue weighted by atomic mass is 9.89. The first kappa shape index (κ1) is 16.2. The maximum Gasteiger partial charge on any atom is 0.254 e. The van der Waals surface area contributed by atoms with Gasteiger partial charge in [0.1, 0.15) is 0 Å². The Hall–Kier alpha value is -2.14. The molecule has 1 heterocycles. The Labute approximate surface area is 131 Å². The van der Waals surface area contributed by atoms with Gasteiger partial charge in [-0.05, 0) is 19.1 Å². The van der Waals surface area contributed by atoms with E-state index in [9.17, 15) is 4.79 Å².